The van der Waals surface area contributed by atoms with E-state index in [4.69, 9.17) is 16.3 Å². The highest BCUT2D eigenvalue weighted by molar-refractivity contribution is 8.00. The van der Waals surface area contributed by atoms with Crippen molar-refractivity contribution in [2.45, 2.75) is 24.0 Å². The van der Waals surface area contributed by atoms with Gasteiger partial charge in [0, 0.05) is 21.2 Å². The molecule has 0 spiro atoms. The number of nitrogens with one attached hydrogen (secondary N) is 1. The molecule has 0 bridgehead atoms. The molecule has 0 aromatic heterocycles. The number of anilines is 1. The maximum atomic E-state index is 12.0. The zero-order chi connectivity index (χ0) is 19.1. The Bertz CT molecular complexity index is 790. The number of thioether (sulfide) groups is 1. The molecule has 5 nitrogen and oxygen atoms in total. The number of carbonyl (C=O) groups is 3. The van der Waals surface area contributed by atoms with Crippen molar-refractivity contribution in [3.8, 4) is 0 Å². The number of benzene rings is 2. The Morgan fingerprint density at radius 1 is 1.08 bits per heavy atom. The molecule has 0 saturated heterocycles. The zero-order valence-corrected chi connectivity index (χ0v) is 15.9. The van der Waals surface area contributed by atoms with Crippen LogP contribution in [0.1, 0.15) is 24.2 Å². The molecule has 1 N–H and O–H groups in total. The predicted molar refractivity (Wildman–Crippen MR) is 103 cm³/mol. The number of ketones is 1. The summed E-state index contributed by atoms with van der Waals surface area (Å²) in [5.41, 5.74) is 1.09. The van der Waals surface area contributed by atoms with E-state index in [2.05, 4.69) is 5.32 Å². The van der Waals surface area contributed by atoms with Gasteiger partial charge in [0.1, 0.15) is 5.25 Å². The lowest BCUT2D eigenvalue weighted by Gasteiger charge is -2.11. The lowest BCUT2D eigenvalue weighted by Crippen LogP contribution is -2.24. The van der Waals surface area contributed by atoms with E-state index in [0.29, 0.717) is 16.3 Å². The molecule has 26 heavy (non-hydrogen) atoms. The second kappa shape index (κ2) is 9.40. The highest BCUT2D eigenvalue weighted by Crippen LogP contribution is 2.25. The highest BCUT2D eigenvalue weighted by Gasteiger charge is 2.17. The Morgan fingerprint density at radius 3 is 2.27 bits per heavy atom. The Kier molecular flexibility index (Phi) is 7.24. The van der Waals surface area contributed by atoms with Crippen LogP contribution in [0.3, 0.4) is 0 Å². The third-order valence-corrected chi connectivity index (χ3v) is 4.72. The number of Topliss-reactive ketones (excluding diaryl/α,β-unsaturated/α-hetero) is 1. The Morgan fingerprint density at radius 2 is 1.69 bits per heavy atom. The zero-order valence-electron chi connectivity index (χ0n) is 14.3. The monoisotopic (exact) mass is 391 g/mol. The van der Waals surface area contributed by atoms with Crippen molar-refractivity contribution in [1.29, 1.82) is 0 Å². The van der Waals surface area contributed by atoms with Crippen LogP contribution in [0.15, 0.2) is 53.4 Å². The fraction of sp³-hybridized carbons (Fsp3) is 0.211. The predicted octanol–water partition coefficient (Wildman–Crippen LogP) is 4.21. The van der Waals surface area contributed by atoms with Gasteiger partial charge in [0.05, 0.1) is 0 Å². The SMILES string of the molecule is CC(=O)c1ccc(NC(=O)COC(=O)[C@@H](C)Sc2ccc(Cl)cc2)cc1. The fourth-order valence-corrected chi connectivity index (χ4v) is 3.00. The van der Waals surface area contributed by atoms with Crippen molar-refractivity contribution in [3.05, 3.63) is 59.1 Å². The topological polar surface area (TPSA) is 72.5 Å². The average molecular weight is 392 g/mol. The first kappa shape index (κ1) is 20.0. The van der Waals surface area contributed by atoms with Gasteiger partial charge in [-0.1, -0.05) is 11.6 Å². The minimum Gasteiger partial charge on any atom is -0.455 e. The van der Waals surface area contributed by atoms with Crippen LogP contribution in [0.2, 0.25) is 5.02 Å². The molecule has 7 heteroatoms. The third-order valence-electron chi connectivity index (χ3n) is 3.38. The lowest BCUT2D eigenvalue weighted by atomic mass is 10.1. The molecule has 0 aliphatic carbocycles. The van der Waals surface area contributed by atoms with Crippen LogP contribution < -0.4 is 5.32 Å². The van der Waals surface area contributed by atoms with E-state index in [1.54, 1.807) is 43.3 Å². The number of esters is 1. The lowest BCUT2D eigenvalue weighted by molar-refractivity contribution is -0.146. The number of hydrogen-bond acceptors (Lipinski definition) is 5. The molecule has 2 rings (SSSR count). The molecule has 1 atom stereocenters. The van der Waals surface area contributed by atoms with Crippen LogP contribution >= 0.6 is 23.4 Å². The standard InChI is InChI=1S/C19H18ClNO4S/c1-12(22)14-3-7-16(8-4-14)21-18(23)11-25-19(24)13(2)26-17-9-5-15(20)6-10-17/h3-10,13H,11H2,1-2H3,(H,21,23)/t13-/m1/s1. The van der Waals surface area contributed by atoms with Crippen LogP contribution in [-0.4, -0.2) is 29.5 Å². The summed E-state index contributed by atoms with van der Waals surface area (Å²) in [4.78, 5) is 36.0. The van der Waals surface area contributed by atoms with Crippen molar-refractivity contribution in [1.82, 2.24) is 0 Å². The first-order valence-electron chi connectivity index (χ1n) is 7.85. The van der Waals surface area contributed by atoms with Gasteiger partial charge in [-0.05, 0) is 62.4 Å². The summed E-state index contributed by atoms with van der Waals surface area (Å²) in [6.07, 6.45) is 0. The van der Waals surface area contributed by atoms with E-state index in [1.807, 2.05) is 12.1 Å². The second-order valence-electron chi connectivity index (χ2n) is 5.50. The molecule has 0 heterocycles. The summed E-state index contributed by atoms with van der Waals surface area (Å²) in [6, 6.07) is 13.6. The van der Waals surface area contributed by atoms with Gasteiger partial charge in [-0.3, -0.25) is 14.4 Å². The van der Waals surface area contributed by atoms with Crippen molar-refractivity contribution < 1.29 is 19.1 Å². The first-order chi connectivity index (χ1) is 12.3. The molecule has 2 aromatic carbocycles. The van der Waals surface area contributed by atoms with Crippen molar-refractivity contribution in [2.75, 3.05) is 11.9 Å². The van der Waals surface area contributed by atoms with Crippen molar-refractivity contribution >= 4 is 46.7 Å². The molecule has 0 unspecified atom stereocenters. The number of rotatable bonds is 7. The van der Waals surface area contributed by atoms with E-state index < -0.39 is 17.1 Å². The van der Waals surface area contributed by atoms with Gasteiger partial charge in [-0.15, -0.1) is 11.8 Å². The Hall–Kier alpha value is -2.31. The number of halogens is 1. The van der Waals surface area contributed by atoms with Crippen molar-refractivity contribution in [2.24, 2.45) is 0 Å². The van der Waals surface area contributed by atoms with Crippen LogP contribution in [0.5, 0.6) is 0 Å². The molecule has 136 valence electrons. The molecule has 0 saturated carbocycles. The van der Waals surface area contributed by atoms with Gasteiger partial charge < -0.3 is 10.1 Å². The molecular formula is C19H18ClNO4S. The molecule has 0 aliphatic heterocycles. The van der Waals surface area contributed by atoms with E-state index in [-0.39, 0.29) is 12.4 Å². The Labute approximate surface area is 161 Å². The number of carbonyl (C=O) groups excluding carboxylic acids is 3. The van der Waals surface area contributed by atoms with Crippen LogP contribution in [0, 0.1) is 0 Å². The molecule has 0 radical (unpaired) electrons. The molecular weight excluding hydrogens is 374 g/mol. The average Bonchev–Trinajstić information content (AvgIpc) is 2.62. The minimum absolute atomic E-state index is 0.0519. The smallest absolute Gasteiger partial charge is 0.319 e. The summed E-state index contributed by atoms with van der Waals surface area (Å²) >= 11 is 7.15. The van der Waals surface area contributed by atoms with E-state index >= 15 is 0 Å². The van der Waals surface area contributed by atoms with E-state index in [0.717, 1.165) is 4.90 Å². The van der Waals surface area contributed by atoms with Gasteiger partial charge in [-0.25, -0.2) is 0 Å². The van der Waals surface area contributed by atoms with Gasteiger partial charge in [0.2, 0.25) is 0 Å². The summed E-state index contributed by atoms with van der Waals surface area (Å²) in [5.74, 6) is -0.978. The Balaban J connectivity index is 1.79. The highest BCUT2D eigenvalue weighted by atomic mass is 35.5. The van der Waals surface area contributed by atoms with Gasteiger partial charge >= 0.3 is 5.97 Å². The van der Waals surface area contributed by atoms with E-state index in [1.165, 1.54) is 18.7 Å². The van der Waals surface area contributed by atoms with Crippen LogP contribution in [0.4, 0.5) is 5.69 Å². The molecule has 0 fully saturated rings. The van der Waals surface area contributed by atoms with Crippen molar-refractivity contribution in [3.63, 3.8) is 0 Å². The summed E-state index contributed by atoms with van der Waals surface area (Å²) in [5, 5.41) is 2.77. The first-order valence-corrected chi connectivity index (χ1v) is 9.10. The fourth-order valence-electron chi connectivity index (χ4n) is 2.00. The van der Waals surface area contributed by atoms with Gasteiger partial charge in [-0.2, -0.15) is 0 Å². The quantitative estimate of drug-likeness (QED) is 0.435. The van der Waals surface area contributed by atoms with Gasteiger partial charge in [0.15, 0.2) is 12.4 Å². The number of ether oxygens (including phenoxy) is 1. The summed E-state index contributed by atoms with van der Waals surface area (Å²) < 4.78 is 5.04. The van der Waals surface area contributed by atoms with Gasteiger partial charge in [0.25, 0.3) is 5.91 Å². The number of hydrogen-bond donors (Lipinski definition) is 1. The molecule has 0 aliphatic rings. The van der Waals surface area contributed by atoms with Crippen LogP contribution in [-0.2, 0) is 14.3 Å². The van der Waals surface area contributed by atoms with Crippen LogP contribution in [0.25, 0.3) is 0 Å². The largest absolute Gasteiger partial charge is 0.455 e. The summed E-state index contributed by atoms with van der Waals surface area (Å²) in [6.45, 7) is 2.80. The second-order valence-corrected chi connectivity index (χ2v) is 7.35. The maximum absolute atomic E-state index is 12.0. The maximum Gasteiger partial charge on any atom is 0.319 e. The van der Waals surface area contributed by atoms with E-state index in [9.17, 15) is 14.4 Å². The third kappa shape index (κ3) is 6.20. The summed E-state index contributed by atoms with van der Waals surface area (Å²) in [7, 11) is 0. The molecule has 2 aromatic rings. The molecule has 1 amide bonds. The number of amides is 1. The minimum atomic E-state index is -0.480. The normalized spacial score (nSPS) is 11.5.